The Morgan fingerprint density at radius 3 is 2.71 bits per heavy atom. The number of para-hydroxylation sites is 1. The van der Waals surface area contributed by atoms with Crippen LogP contribution in [0, 0.1) is 12.7 Å². The van der Waals surface area contributed by atoms with Gasteiger partial charge in [-0.2, -0.15) is 0 Å². The number of carbonyl (C=O) groups excluding carboxylic acids is 1. The quantitative estimate of drug-likeness (QED) is 0.580. The molecule has 1 atom stereocenters. The average molecular weight is 479 g/mol. The number of anilines is 4. The van der Waals surface area contributed by atoms with E-state index in [0.717, 1.165) is 5.56 Å². The van der Waals surface area contributed by atoms with Crippen molar-refractivity contribution in [1.29, 1.82) is 0 Å². The summed E-state index contributed by atoms with van der Waals surface area (Å²) in [5.74, 6) is 0.220. The van der Waals surface area contributed by atoms with Gasteiger partial charge in [0, 0.05) is 25.0 Å². The Balaban J connectivity index is 1.41. The van der Waals surface area contributed by atoms with E-state index in [-0.39, 0.29) is 19.3 Å². The van der Waals surface area contributed by atoms with E-state index in [2.05, 4.69) is 10.3 Å². The number of aliphatic hydroxyl groups is 1. The third-order valence-corrected chi connectivity index (χ3v) is 6.19. The number of morpholine rings is 1. The topological polar surface area (TPSA) is 87.2 Å². The molecular formula is C26H27FN4O4. The molecule has 3 aromatic rings. The van der Waals surface area contributed by atoms with E-state index in [4.69, 9.17) is 9.47 Å². The summed E-state index contributed by atoms with van der Waals surface area (Å²) in [4.78, 5) is 21.5. The van der Waals surface area contributed by atoms with Gasteiger partial charge in [0.05, 0.1) is 42.8 Å². The van der Waals surface area contributed by atoms with Gasteiger partial charge >= 0.3 is 0 Å². The zero-order valence-electron chi connectivity index (χ0n) is 19.4. The minimum Gasteiger partial charge on any atom is -0.488 e. The Kier molecular flexibility index (Phi) is 6.52. The minimum atomic E-state index is -0.417. The first kappa shape index (κ1) is 23.1. The van der Waals surface area contributed by atoms with Gasteiger partial charge in [0.15, 0.2) is 5.75 Å². The molecule has 0 spiro atoms. The largest absolute Gasteiger partial charge is 0.488 e. The molecule has 182 valence electrons. The molecule has 1 aromatic heterocycles. The molecule has 35 heavy (non-hydrogen) atoms. The fourth-order valence-corrected chi connectivity index (χ4v) is 4.39. The van der Waals surface area contributed by atoms with Gasteiger partial charge in [-0.05, 0) is 48.9 Å². The lowest BCUT2D eigenvalue weighted by Crippen LogP contribution is -2.43. The van der Waals surface area contributed by atoms with Gasteiger partial charge in [-0.3, -0.25) is 4.79 Å². The molecule has 2 aromatic carbocycles. The number of aryl methyl sites for hydroxylation is 1. The van der Waals surface area contributed by atoms with Crippen LogP contribution in [0.4, 0.5) is 27.3 Å². The van der Waals surface area contributed by atoms with Crippen molar-refractivity contribution in [3.05, 3.63) is 71.7 Å². The summed E-state index contributed by atoms with van der Waals surface area (Å²) in [5, 5.41) is 12.7. The molecule has 0 bridgehead atoms. The summed E-state index contributed by atoms with van der Waals surface area (Å²) in [6.07, 6.45) is 1.75. The zero-order valence-corrected chi connectivity index (χ0v) is 19.4. The van der Waals surface area contributed by atoms with Crippen molar-refractivity contribution in [2.75, 3.05) is 54.6 Å². The van der Waals surface area contributed by atoms with Crippen LogP contribution in [-0.2, 0) is 4.74 Å². The molecule has 2 aliphatic rings. The Bertz CT molecular complexity index is 1210. The maximum absolute atomic E-state index is 14.8. The third kappa shape index (κ3) is 4.65. The standard InChI is InChI=1S/C26H27FN4O4/c1-17-5-8-24(28-14-17)31-19(15-32)16-35-25-20(3-2-4-23(25)31)26(33)29-18-6-7-22(21(27)13-18)30-9-11-34-12-10-30/h2-8,13-14,19,32H,9-12,15-16H2,1H3,(H,29,33)/t19-/m0/s1. The van der Waals surface area contributed by atoms with Gasteiger partial charge < -0.3 is 29.7 Å². The number of amides is 1. The summed E-state index contributed by atoms with van der Waals surface area (Å²) in [6.45, 7) is 4.36. The van der Waals surface area contributed by atoms with Crippen LogP contribution >= 0.6 is 0 Å². The number of ether oxygens (including phenoxy) is 2. The summed E-state index contributed by atoms with van der Waals surface area (Å²) >= 11 is 0. The molecule has 0 radical (unpaired) electrons. The minimum absolute atomic E-state index is 0.139. The number of aliphatic hydroxyl groups excluding tert-OH is 1. The number of benzene rings is 2. The first-order valence-corrected chi connectivity index (χ1v) is 11.6. The van der Waals surface area contributed by atoms with Crippen molar-refractivity contribution in [3.8, 4) is 5.75 Å². The predicted octanol–water partition coefficient (Wildman–Crippen LogP) is 3.51. The van der Waals surface area contributed by atoms with Crippen molar-refractivity contribution < 1.29 is 23.8 Å². The van der Waals surface area contributed by atoms with E-state index in [1.807, 2.05) is 34.9 Å². The molecule has 0 saturated carbocycles. The Morgan fingerprint density at radius 1 is 1.17 bits per heavy atom. The molecule has 2 aliphatic heterocycles. The number of pyridine rings is 1. The van der Waals surface area contributed by atoms with Gasteiger partial charge in [-0.1, -0.05) is 12.1 Å². The zero-order chi connectivity index (χ0) is 24.4. The summed E-state index contributed by atoms with van der Waals surface area (Å²) in [6, 6.07) is 13.4. The van der Waals surface area contributed by atoms with E-state index >= 15 is 0 Å². The Morgan fingerprint density at radius 2 is 2.00 bits per heavy atom. The molecular weight excluding hydrogens is 451 g/mol. The highest BCUT2D eigenvalue weighted by Gasteiger charge is 2.32. The van der Waals surface area contributed by atoms with E-state index < -0.39 is 11.7 Å². The number of aromatic nitrogens is 1. The smallest absolute Gasteiger partial charge is 0.259 e. The number of carbonyl (C=O) groups is 1. The maximum atomic E-state index is 14.8. The highest BCUT2D eigenvalue weighted by Crippen LogP contribution is 2.41. The molecule has 8 nitrogen and oxygen atoms in total. The highest BCUT2D eigenvalue weighted by atomic mass is 19.1. The lowest BCUT2D eigenvalue weighted by atomic mass is 10.1. The SMILES string of the molecule is Cc1ccc(N2c3cccc(C(=O)Nc4ccc(N5CCOCC5)c(F)c4)c3OC[C@@H]2CO)nc1. The summed E-state index contributed by atoms with van der Waals surface area (Å²) in [5.41, 5.74) is 2.80. The first-order valence-electron chi connectivity index (χ1n) is 11.6. The molecule has 3 heterocycles. The molecule has 2 N–H and O–H groups in total. The van der Waals surface area contributed by atoms with E-state index in [1.54, 1.807) is 30.5 Å². The fourth-order valence-electron chi connectivity index (χ4n) is 4.39. The van der Waals surface area contributed by atoms with Crippen molar-refractivity contribution in [3.63, 3.8) is 0 Å². The number of rotatable bonds is 5. The number of fused-ring (bicyclic) bond motifs is 1. The number of hydrogen-bond donors (Lipinski definition) is 2. The normalized spacial score (nSPS) is 17.5. The van der Waals surface area contributed by atoms with E-state index in [9.17, 15) is 14.3 Å². The molecule has 0 unspecified atom stereocenters. The second-order valence-electron chi connectivity index (χ2n) is 8.58. The second-order valence-corrected chi connectivity index (χ2v) is 8.58. The van der Waals surface area contributed by atoms with Crippen LogP contribution < -0.4 is 19.9 Å². The van der Waals surface area contributed by atoms with Crippen molar-refractivity contribution in [1.82, 2.24) is 4.98 Å². The molecule has 1 amide bonds. The van der Waals surface area contributed by atoms with Gasteiger partial charge in [-0.25, -0.2) is 9.37 Å². The summed E-state index contributed by atoms with van der Waals surface area (Å²) in [7, 11) is 0. The number of nitrogens with zero attached hydrogens (tertiary/aromatic N) is 3. The monoisotopic (exact) mass is 478 g/mol. The molecule has 1 saturated heterocycles. The van der Waals surface area contributed by atoms with Gasteiger partial charge in [0.2, 0.25) is 0 Å². The van der Waals surface area contributed by atoms with E-state index in [0.29, 0.717) is 60.5 Å². The van der Waals surface area contributed by atoms with Crippen LogP contribution in [0.5, 0.6) is 5.75 Å². The van der Waals surface area contributed by atoms with Crippen LogP contribution in [0.3, 0.4) is 0 Å². The average Bonchev–Trinajstić information content (AvgIpc) is 2.88. The van der Waals surface area contributed by atoms with E-state index in [1.165, 1.54) is 6.07 Å². The van der Waals surface area contributed by atoms with Crippen molar-refractivity contribution in [2.24, 2.45) is 0 Å². The Hall–Kier alpha value is -3.69. The van der Waals surface area contributed by atoms with Gasteiger partial charge in [0.25, 0.3) is 5.91 Å². The van der Waals surface area contributed by atoms with Crippen LogP contribution in [0.25, 0.3) is 0 Å². The maximum Gasteiger partial charge on any atom is 0.259 e. The first-order chi connectivity index (χ1) is 17.0. The highest BCUT2D eigenvalue weighted by molar-refractivity contribution is 6.07. The molecule has 0 aliphatic carbocycles. The molecule has 9 heteroatoms. The van der Waals surface area contributed by atoms with Gasteiger partial charge in [0.1, 0.15) is 18.2 Å². The van der Waals surface area contributed by atoms with Crippen LogP contribution in [0.2, 0.25) is 0 Å². The number of hydrogen-bond acceptors (Lipinski definition) is 7. The lowest BCUT2D eigenvalue weighted by molar-refractivity contribution is 0.102. The van der Waals surface area contributed by atoms with Gasteiger partial charge in [-0.15, -0.1) is 0 Å². The Labute approximate surface area is 202 Å². The molecule has 5 rings (SSSR count). The number of halogens is 1. The predicted molar refractivity (Wildman–Crippen MR) is 131 cm³/mol. The van der Waals surface area contributed by atoms with Crippen LogP contribution in [0.15, 0.2) is 54.7 Å². The van der Waals surface area contributed by atoms with Crippen LogP contribution in [-0.4, -0.2) is 61.6 Å². The molecule has 1 fully saturated rings. The van der Waals surface area contributed by atoms with Crippen molar-refractivity contribution in [2.45, 2.75) is 13.0 Å². The number of nitrogens with one attached hydrogen (secondary N) is 1. The van der Waals surface area contributed by atoms with Crippen molar-refractivity contribution >= 4 is 28.8 Å². The summed E-state index contributed by atoms with van der Waals surface area (Å²) < 4.78 is 26.1. The second kappa shape index (κ2) is 9.89. The fraction of sp³-hybridized carbons (Fsp3) is 0.308. The third-order valence-electron chi connectivity index (χ3n) is 6.19. The van der Waals surface area contributed by atoms with Crippen LogP contribution in [0.1, 0.15) is 15.9 Å². The lowest BCUT2D eigenvalue weighted by Gasteiger charge is -2.37.